The highest BCUT2D eigenvalue weighted by Crippen LogP contribution is 2.35. The smallest absolute Gasteiger partial charge is 0.316 e. The Bertz CT molecular complexity index is 917. The first-order chi connectivity index (χ1) is 15.3. The van der Waals surface area contributed by atoms with E-state index in [0.717, 1.165) is 13.2 Å². The lowest BCUT2D eigenvalue weighted by atomic mass is 10.1. The van der Waals surface area contributed by atoms with Gasteiger partial charge in [-0.05, 0) is 95.5 Å². The number of aldehydes is 1. The lowest BCUT2D eigenvalue weighted by molar-refractivity contribution is -0.137. The van der Waals surface area contributed by atoms with Crippen molar-refractivity contribution in [1.29, 1.82) is 0 Å². The van der Waals surface area contributed by atoms with Crippen molar-refractivity contribution in [3.63, 3.8) is 0 Å². The summed E-state index contributed by atoms with van der Waals surface area (Å²) < 4.78 is 22.9. The molecule has 1 atom stereocenters. The van der Waals surface area contributed by atoms with Gasteiger partial charge in [0.15, 0.2) is 17.9 Å². The van der Waals surface area contributed by atoms with Crippen LogP contribution in [0.5, 0.6) is 0 Å². The predicted octanol–water partition coefficient (Wildman–Crippen LogP) is 3.45. The fraction of sp³-hybridized carbons (Fsp3) is 0.550. The molecule has 0 radical (unpaired) electrons. The van der Waals surface area contributed by atoms with E-state index in [1.807, 2.05) is 81.6 Å². The van der Waals surface area contributed by atoms with Crippen LogP contribution in [0.3, 0.4) is 0 Å². The van der Waals surface area contributed by atoms with Crippen molar-refractivity contribution in [2.24, 2.45) is 5.73 Å². The van der Waals surface area contributed by atoms with Crippen LogP contribution in [0.2, 0.25) is 0 Å². The van der Waals surface area contributed by atoms with Crippen molar-refractivity contribution >= 4 is 91.7 Å². The average Bonchev–Trinajstić information content (AvgIpc) is 3.28. The maximum atomic E-state index is 12.7. The van der Waals surface area contributed by atoms with Crippen LogP contribution in [0.1, 0.15) is 48.4 Å². The Morgan fingerprint density at radius 1 is 1.03 bits per heavy atom. The van der Waals surface area contributed by atoms with Gasteiger partial charge < -0.3 is 35.3 Å². The minimum Gasteiger partial charge on any atom is -0.351 e. The summed E-state index contributed by atoms with van der Waals surface area (Å²) >= 11 is 5.85. The number of nitrogens with two attached hydrogens (primary N) is 1. The zero-order chi connectivity index (χ0) is 25.0. The Morgan fingerprint density at radius 3 is 2.06 bits per heavy atom. The van der Waals surface area contributed by atoms with Gasteiger partial charge in [0.1, 0.15) is 6.10 Å². The highest BCUT2D eigenvalue weighted by Gasteiger charge is 2.33. The van der Waals surface area contributed by atoms with Gasteiger partial charge in [0.05, 0.1) is 34.6 Å². The summed E-state index contributed by atoms with van der Waals surface area (Å²) in [6.07, 6.45) is 0.390. The molecule has 0 spiro atoms. The summed E-state index contributed by atoms with van der Waals surface area (Å²) in [5.74, 6) is -1.36. The van der Waals surface area contributed by atoms with Gasteiger partial charge in [-0.1, -0.05) is 0 Å². The van der Waals surface area contributed by atoms with E-state index >= 15 is 0 Å². The molecule has 1 aromatic carbocycles. The Kier molecular flexibility index (Phi) is 10.6. The zero-order valence-corrected chi connectivity index (χ0v) is 25.0. The maximum absolute atomic E-state index is 12.7. The normalized spacial score (nSPS) is 20.5. The van der Waals surface area contributed by atoms with E-state index in [2.05, 4.69) is 10.6 Å². The third kappa shape index (κ3) is 8.09. The predicted molar refractivity (Wildman–Crippen MR) is 146 cm³/mol. The fourth-order valence-corrected chi connectivity index (χ4v) is 7.17. The average molecular weight is 801 g/mol. The lowest BCUT2D eigenvalue weighted by Crippen LogP contribution is -2.35. The molecule has 2 saturated heterocycles. The van der Waals surface area contributed by atoms with Crippen LogP contribution in [0, 0.1) is 10.7 Å². The van der Waals surface area contributed by atoms with Crippen LogP contribution in [0.4, 0.5) is 10.5 Å². The topological polar surface area (TPSA) is 138 Å². The summed E-state index contributed by atoms with van der Waals surface area (Å²) in [5.41, 5.74) is 6.17. The minimum absolute atomic E-state index is 0.259. The number of halogens is 3. The molecule has 3 amide bonds. The molecule has 2 fully saturated rings. The summed E-state index contributed by atoms with van der Waals surface area (Å²) in [6.45, 7) is 9.56. The van der Waals surface area contributed by atoms with E-state index in [1.54, 1.807) is 13.8 Å². The molecular formula is C20H26I3N3O7. The Labute approximate surface area is 233 Å². The molecule has 2 aliphatic heterocycles. The Hall–Kier alpha value is -0.340. The summed E-state index contributed by atoms with van der Waals surface area (Å²) in [6, 6.07) is -0.774. The molecule has 10 nitrogen and oxygen atoms in total. The number of amides is 3. The van der Waals surface area contributed by atoms with Crippen molar-refractivity contribution in [3.05, 3.63) is 21.8 Å². The van der Waals surface area contributed by atoms with Crippen molar-refractivity contribution in [2.75, 3.05) is 31.7 Å². The highest BCUT2D eigenvalue weighted by atomic mass is 127. The second-order valence-corrected chi connectivity index (χ2v) is 11.2. The SMILES string of the molecule is CC1(C)OCC(CNC(=O)c2c(I)c(C=O)c(I)c(NC(N)=O)c2I)O1.CC1(C)OCCO1. The number of nitrogens with one attached hydrogen (secondary N) is 2. The van der Waals surface area contributed by atoms with Crippen molar-refractivity contribution in [3.8, 4) is 0 Å². The van der Waals surface area contributed by atoms with Crippen LogP contribution >= 0.6 is 67.8 Å². The molecule has 0 aromatic heterocycles. The number of hydrogen-bond donors (Lipinski definition) is 3. The van der Waals surface area contributed by atoms with Crippen LogP contribution in [-0.4, -0.2) is 62.3 Å². The van der Waals surface area contributed by atoms with E-state index in [1.165, 1.54) is 0 Å². The highest BCUT2D eigenvalue weighted by molar-refractivity contribution is 14.1. The number of primary amides is 1. The van der Waals surface area contributed by atoms with Crippen LogP contribution in [0.15, 0.2) is 0 Å². The molecule has 3 rings (SSSR count). The molecule has 0 saturated carbocycles. The number of carbonyl (C=O) groups excluding carboxylic acids is 3. The summed E-state index contributed by atoms with van der Waals surface area (Å²) in [5, 5.41) is 5.28. The van der Waals surface area contributed by atoms with Crippen molar-refractivity contribution in [1.82, 2.24) is 5.32 Å². The quantitative estimate of drug-likeness (QED) is 0.307. The lowest BCUT2D eigenvalue weighted by Gasteiger charge is -2.19. The van der Waals surface area contributed by atoms with E-state index in [4.69, 9.17) is 24.7 Å². The first-order valence-electron chi connectivity index (χ1n) is 9.88. The molecule has 2 heterocycles. The molecule has 1 aromatic rings. The van der Waals surface area contributed by atoms with Crippen LogP contribution in [-0.2, 0) is 18.9 Å². The molecule has 33 heavy (non-hydrogen) atoms. The molecule has 4 N–H and O–H groups in total. The van der Waals surface area contributed by atoms with Crippen LogP contribution in [0.25, 0.3) is 0 Å². The van der Waals surface area contributed by atoms with Gasteiger partial charge in [0, 0.05) is 19.2 Å². The number of urea groups is 1. The monoisotopic (exact) mass is 801 g/mol. The van der Waals surface area contributed by atoms with Gasteiger partial charge in [-0.15, -0.1) is 0 Å². The molecule has 0 bridgehead atoms. The number of hydrogen-bond acceptors (Lipinski definition) is 7. The molecule has 184 valence electrons. The van der Waals surface area contributed by atoms with Crippen molar-refractivity contribution in [2.45, 2.75) is 45.4 Å². The standard InChI is InChI=1S/C15H16I3N3O5.C5H10O2/c1-15(2)25-5-6(26-15)3-20-13(23)8-9(16)7(4-22)10(17)12(11(8)18)21-14(19)24;1-5(2)6-3-4-7-5/h4,6H,3,5H2,1-2H3,(H,20,23)(H3,19,21,24);3-4H2,1-2H3. The molecule has 13 heteroatoms. The second-order valence-electron chi connectivity index (χ2n) is 7.97. The third-order valence-electron chi connectivity index (χ3n) is 4.48. The first kappa shape index (κ1) is 28.9. The van der Waals surface area contributed by atoms with Crippen LogP contribution < -0.4 is 16.4 Å². The molecular weight excluding hydrogens is 775 g/mol. The second kappa shape index (κ2) is 12.1. The maximum Gasteiger partial charge on any atom is 0.316 e. The minimum atomic E-state index is -0.774. The number of ether oxygens (including phenoxy) is 4. The molecule has 1 unspecified atom stereocenters. The largest absolute Gasteiger partial charge is 0.351 e. The van der Waals surface area contributed by atoms with E-state index in [9.17, 15) is 14.4 Å². The number of carbonyl (C=O) groups is 3. The fourth-order valence-electron chi connectivity index (χ4n) is 2.99. The van der Waals surface area contributed by atoms with Gasteiger partial charge in [-0.25, -0.2) is 4.79 Å². The Balaban J connectivity index is 0.000000468. The van der Waals surface area contributed by atoms with Gasteiger partial charge in [-0.3, -0.25) is 9.59 Å². The summed E-state index contributed by atoms with van der Waals surface area (Å²) in [7, 11) is 0. The van der Waals surface area contributed by atoms with Gasteiger partial charge in [0.25, 0.3) is 5.91 Å². The number of anilines is 1. The third-order valence-corrected chi connectivity index (χ3v) is 7.80. The zero-order valence-electron chi connectivity index (χ0n) is 18.6. The van der Waals surface area contributed by atoms with E-state index < -0.39 is 11.8 Å². The van der Waals surface area contributed by atoms with Gasteiger partial charge in [0.2, 0.25) is 0 Å². The van der Waals surface area contributed by atoms with E-state index in [0.29, 0.717) is 40.4 Å². The van der Waals surface area contributed by atoms with Gasteiger partial charge in [-0.2, -0.15) is 0 Å². The molecule has 2 aliphatic rings. The Morgan fingerprint density at radius 2 is 1.64 bits per heavy atom. The van der Waals surface area contributed by atoms with Crippen molar-refractivity contribution < 1.29 is 33.3 Å². The molecule has 0 aliphatic carbocycles. The first-order valence-corrected chi connectivity index (χ1v) is 13.1. The summed E-state index contributed by atoms with van der Waals surface area (Å²) in [4.78, 5) is 35.5. The van der Waals surface area contributed by atoms with E-state index in [-0.39, 0.29) is 24.3 Å². The number of benzene rings is 1. The number of rotatable bonds is 5. The van der Waals surface area contributed by atoms with Gasteiger partial charge >= 0.3 is 6.03 Å².